The molecule has 3 fully saturated rings. The van der Waals surface area contributed by atoms with E-state index in [-0.39, 0.29) is 11.5 Å². The van der Waals surface area contributed by atoms with Crippen LogP contribution in [0.3, 0.4) is 0 Å². The number of nitrogens with zero attached hydrogens (tertiary/aromatic N) is 1. The zero-order chi connectivity index (χ0) is 15.2. The highest BCUT2D eigenvalue weighted by molar-refractivity contribution is 5.88. The lowest BCUT2D eigenvalue weighted by Gasteiger charge is -2.57. The van der Waals surface area contributed by atoms with Gasteiger partial charge in [-0.2, -0.15) is 0 Å². The summed E-state index contributed by atoms with van der Waals surface area (Å²) in [5.41, 5.74) is 2.89. The average molecular weight is 309 g/mol. The first-order valence-corrected chi connectivity index (χ1v) is 9.33. The van der Waals surface area contributed by atoms with Gasteiger partial charge in [-0.3, -0.25) is 9.69 Å². The van der Waals surface area contributed by atoms with Gasteiger partial charge in [0.25, 0.3) is 0 Å². The van der Waals surface area contributed by atoms with Crippen molar-refractivity contribution in [2.45, 2.75) is 56.1 Å². The molecule has 2 bridgehead atoms. The number of hydrogen-bond acceptors (Lipinski definition) is 3. The number of carbonyl (C=O) groups excluding carboxylic acids is 1. The SMILES string of the molecule is O=C1CC[C@H]2[C@H]3Cc4cccc5c4[C@@]2(CCN3CC2CC2)C1O5. The van der Waals surface area contributed by atoms with E-state index < -0.39 is 0 Å². The third kappa shape index (κ3) is 1.52. The topological polar surface area (TPSA) is 29.5 Å². The fraction of sp³-hybridized carbons (Fsp3) is 0.650. The van der Waals surface area contributed by atoms with Crippen molar-refractivity contribution < 1.29 is 9.53 Å². The lowest BCUT2D eigenvalue weighted by Crippen LogP contribution is -2.66. The summed E-state index contributed by atoms with van der Waals surface area (Å²) in [6.45, 7) is 2.43. The molecule has 3 heteroatoms. The van der Waals surface area contributed by atoms with Crippen molar-refractivity contribution in [2.75, 3.05) is 13.1 Å². The van der Waals surface area contributed by atoms with Gasteiger partial charge in [0.1, 0.15) is 5.75 Å². The van der Waals surface area contributed by atoms with Crippen LogP contribution in [0, 0.1) is 11.8 Å². The van der Waals surface area contributed by atoms with E-state index in [2.05, 4.69) is 23.1 Å². The van der Waals surface area contributed by atoms with Gasteiger partial charge in [-0.1, -0.05) is 12.1 Å². The molecule has 120 valence electrons. The van der Waals surface area contributed by atoms with Gasteiger partial charge in [0.05, 0.1) is 0 Å². The largest absolute Gasteiger partial charge is 0.481 e. The smallest absolute Gasteiger partial charge is 0.174 e. The molecule has 1 aromatic carbocycles. The highest BCUT2D eigenvalue weighted by Crippen LogP contribution is 2.61. The molecule has 0 amide bonds. The molecular formula is C20H23NO2. The predicted octanol–water partition coefficient (Wildman–Crippen LogP) is 2.70. The summed E-state index contributed by atoms with van der Waals surface area (Å²) in [7, 11) is 0. The molecule has 3 aliphatic carbocycles. The Morgan fingerprint density at radius 3 is 3.04 bits per heavy atom. The molecule has 4 atom stereocenters. The molecule has 0 aromatic heterocycles. The van der Waals surface area contributed by atoms with Crippen molar-refractivity contribution >= 4 is 5.78 Å². The predicted molar refractivity (Wildman–Crippen MR) is 86.7 cm³/mol. The number of benzene rings is 1. The second kappa shape index (κ2) is 4.18. The monoisotopic (exact) mass is 309 g/mol. The van der Waals surface area contributed by atoms with Crippen LogP contribution < -0.4 is 4.74 Å². The first kappa shape index (κ1) is 13.0. The van der Waals surface area contributed by atoms with Crippen LogP contribution in [0.15, 0.2) is 18.2 Å². The minimum absolute atomic E-state index is 0.00419. The Balaban J connectivity index is 1.52. The van der Waals surface area contributed by atoms with Crippen molar-refractivity contribution in [3.63, 3.8) is 0 Å². The van der Waals surface area contributed by atoms with Crippen LogP contribution in [0.25, 0.3) is 0 Å². The molecule has 2 saturated carbocycles. The molecule has 1 aromatic rings. The van der Waals surface area contributed by atoms with Crippen LogP contribution in [0.2, 0.25) is 0 Å². The van der Waals surface area contributed by atoms with Crippen LogP contribution >= 0.6 is 0 Å². The third-order valence-electron chi connectivity index (χ3n) is 7.31. The summed E-state index contributed by atoms with van der Waals surface area (Å²) in [4.78, 5) is 15.4. The third-order valence-corrected chi connectivity index (χ3v) is 7.31. The summed E-state index contributed by atoms with van der Waals surface area (Å²) < 4.78 is 6.25. The lowest BCUT2D eigenvalue weighted by atomic mass is 9.51. The number of likely N-dealkylation sites (tertiary alicyclic amines) is 1. The summed E-state index contributed by atoms with van der Waals surface area (Å²) in [6, 6.07) is 7.13. The highest BCUT2D eigenvalue weighted by atomic mass is 16.5. The molecule has 0 radical (unpaired) electrons. The Bertz CT molecular complexity index is 710. The van der Waals surface area contributed by atoms with Gasteiger partial charge in [0.15, 0.2) is 11.9 Å². The molecule has 2 heterocycles. The molecule has 6 rings (SSSR count). The number of Topliss-reactive ketones (excluding diaryl/α,β-unsaturated/α-hetero) is 1. The second-order valence-electron chi connectivity index (χ2n) is 8.40. The van der Waals surface area contributed by atoms with Gasteiger partial charge < -0.3 is 4.74 Å². The zero-order valence-corrected chi connectivity index (χ0v) is 13.5. The molecule has 23 heavy (non-hydrogen) atoms. The second-order valence-corrected chi connectivity index (χ2v) is 8.40. The van der Waals surface area contributed by atoms with Crippen LogP contribution in [0.4, 0.5) is 0 Å². The van der Waals surface area contributed by atoms with E-state index in [1.165, 1.54) is 30.5 Å². The highest BCUT2D eigenvalue weighted by Gasteiger charge is 2.65. The standard InChI is InChI=1S/C20H23NO2/c22-16-7-6-14-15-10-13-2-1-3-17-18(13)20(14,19(16)23-17)8-9-21(15)11-12-4-5-12/h1-3,12,14-15,19H,4-11H2/t14-,15+,19?,20-/m0/s1. The molecular weight excluding hydrogens is 286 g/mol. The number of rotatable bonds is 2. The molecule has 3 nitrogen and oxygen atoms in total. The van der Waals surface area contributed by atoms with Gasteiger partial charge >= 0.3 is 0 Å². The minimum atomic E-state index is -0.191. The summed E-state index contributed by atoms with van der Waals surface area (Å²) in [5, 5.41) is 0. The fourth-order valence-corrected chi connectivity index (χ4v) is 6.24. The van der Waals surface area contributed by atoms with Crippen molar-refractivity contribution in [3.05, 3.63) is 29.3 Å². The first-order valence-electron chi connectivity index (χ1n) is 9.33. The number of piperidine rings is 1. The Kier molecular flexibility index (Phi) is 2.37. The first-order chi connectivity index (χ1) is 11.3. The number of ether oxygens (including phenoxy) is 1. The Morgan fingerprint density at radius 2 is 2.17 bits per heavy atom. The normalized spacial score (nSPS) is 40.7. The molecule has 1 saturated heterocycles. The molecule has 1 unspecified atom stereocenters. The van der Waals surface area contributed by atoms with Crippen LogP contribution in [0.1, 0.15) is 43.2 Å². The maximum absolute atomic E-state index is 12.7. The van der Waals surface area contributed by atoms with E-state index >= 15 is 0 Å². The van der Waals surface area contributed by atoms with Crippen molar-refractivity contribution in [1.29, 1.82) is 0 Å². The van der Waals surface area contributed by atoms with Crippen molar-refractivity contribution in [2.24, 2.45) is 11.8 Å². The minimum Gasteiger partial charge on any atom is -0.481 e. The number of carbonyl (C=O) groups is 1. The van der Waals surface area contributed by atoms with Crippen LogP contribution in [0.5, 0.6) is 5.75 Å². The quantitative estimate of drug-likeness (QED) is 0.841. The maximum atomic E-state index is 12.7. The van der Waals surface area contributed by atoms with E-state index in [4.69, 9.17) is 4.74 Å². The van der Waals surface area contributed by atoms with Gasteiger partial charge in [0, 0.05) is 30.0 Å². The Hall–Kier alpha value is -1.35. The van der Waals surface area contributed by atoms with Gasteiger partial charge in [-0.15, -0.1) is 0 Å². The van der Waals surface area contributed by atoms with Gasteiger partial charge in [-0.25, -0.2) is 0 Å². The van der Waals surface area contributed by atoms with E-state index in [1.54, 1.807) is 0 Å². The van der Waals surface area contributed by atoms with Crippen molar-refractivity contribution in [3.8, 4) is 5.75 Å². The maximum Gasteiger partial charge on any atom is 0.174 e. The Morgan fingerprint density at radius 1 is 1.26 bits per heavy atom. The summed E-state index contributed by atoms with van der Waals surface area (Å²) in [5.74, 6) is 2.92. The summed E-state index contributed by atoms with van der Waals surface area (Å²) in [6.07, 6.45) is 6.71. The number of ketones is 1. The van der Waals surface area contributed by atoms with Gasteiger partial charge in [0.2, 0.25) is 0 Å². The van der Waals surface area contributed by atoms with Crippen LogP contribution in [-0.4, -0.2) is 35.9 Å². The lowest BCUT2D eigenvalue weighted by molar-refractivity contribution is -0.138. The summed E-state index contributed by atoms with van der Waals surface area (Å²) >= 11 is 0. The molecule has 1 spiro atoms. The van der Waals surface area contributed by atoms with E-state index in [0.29, 0.717) is 24.2 Å². The van der Waals surface area contributed by atoms with Gasteiger partial charge in [-0.05, 0) is 62.1 Å². The molecule has 2 aliphatic heterocycles. The molecule has 5 aliphatic rings. The zero-order valence-electron chi connectivity index (χ0n) is 13.5. The Labute approximate surface area is 137 Å². The van der Waals surface area contributed by atoms with E-state index in [1.807, 2.05) is 0 Å². The fourth-order valence-electron chi connectivity index (χ4n) is 6.24. The van der Waals surface area contributed by atoms with E-state index in [0.717, 1.165) is 37.5 Å². The van der Waals surface area contributed by atoms with Crippen LogP contribution in [-0.2, 0) is 16.6 Å². The molecule has 0 N–H and O–H groups in total. The van der Waals surface area contributed by atoms with E-state index in [9.17, 15) is 4.79 Å². The average Bonchev–Trinajstić information content (AvgIpc) is 3.30. The van der Waals surface area contributed by atoms with Crippen molar-refractivity contribution in [1.82, 2.24) is 4.90 Å². The number of hydrogen-bond donors (Lipinski definition) is 0.